The van der Waals surface area contributed by atoms with E-state index >= 15 is 0 Å². The first-order valence-electron chi connectivity index (χ1n) is 6.56. The van der Waals surface area contributed by atoms with Crippen LogP contribution in [0.25, 0.3) is 0 Å². The molecule has 0 saturated heterocycles. The molecule has 1 fully saturated rings. The lowest BCUT2D eigenvalue weighted by Gasteiger charge is -2.19. The largest absolute Gasteiger partial charge is 0.334 e. The minimum Gasteiger partial charge on any atom is -0.334 e. The van der Waals surface area contributed by atoms with E-state index in [1.807, 2.05) is 13.2 Å². The summed E-state index contributed by atoms with van der Waals surface area (Å²) < 4.78 is 2.24. The summed E-state index contributed by atoms with van der Waals surface area (Å²) in [5.74, 6) is 1.83. The van der Waals surface area contributed by atoms with Crippen molar-refractivity contribution in [2.24, 2.45) is 16.7 Å². The maximum atomic E-state index is 4.55. The quantitative estimate of drug-likeness (QED) is 0.869. The second-order valence-electron chi connectivity index (χ2n) is 6.26. The number of rotatable bonds is 4. The molecule has 1 saturated carbocycles. The zero-order chi connectivity index (χ0) is 12.8. The van der Waals surface area contributed by atoms with Gasteiger partial charge in [-0.2, -0.15) is 0 Å². The fourth-order valence-corrected chi connectivity index (χ4v) is 3.39. The van der Waals surface area contributed by atoms with Gasteiger partial charge in [-0.15, -0.1) is 0 Å². The molecule has 0 spiro atoms. The maximum Gasteiger partial charge on any atom is 0.126 e. The second kappa shape index (κ2) is 3.84. The molecule has 1 aliphatic rings. The molecule has 1 aromatic rings. The van der Waals surface area contributed by atoms with Crippen molar-refractivity contribution in [1.82, 2.24) is 14.9 Å². The molecule has 17 heavy (non-hydrogen) atoms. The first kappa shape index (κ1) is 12.6. The predicted molar refractivity (Wildman–Crippen MR) is 70.8 cm³/mol. The number of nitrogens with one attached hydrogen (secondary N) is 1. The van der Waals surface area contributed by atoms with E-state index in [0.29, 0.717) is 22.8 Å². The van der Waals surface area contributed by atoms with Crippen molar-refractivity contribution < 1.29 is 0 Å². The summed E-state index contributed by atoms with van der Waals surface area (Å²) in [6.07, 6.45) is 3.98. The van der Waals surface area contributed by atoms with E-state index in [1.54, 1.807) is 0 Å². The zero-order valence-electron chi connectivity index (χ0n) is 11.9. The summed E-state index contributed by atoms with van der Waals surface area (Å²) in [6, 6.07) is 0.356. The third-order valence-corrected chi connectivity index (χ3v) is 5.14. The fourth-order valence-electron chi connectivity index (χ4n) is 3.39. The minimum absolute atomic E-state index is 0.356. The summed E-state index contributed by atoms with van der Waals surface area (Å²) in [5, 5.41) is 3.47. The molecule has 0 amide bonds. The van der Waals surface area contributed by atoms with Crippen LogP contribution in [0.4, 0.5) is 0 Å². The third-order valence-electron chi connectivity index (χ3n) is 5.14. The van der Waals surface area contributed by atoms with E-state index in [-0.39, 0.29) is 0 Å². The van der Waals surface area contributed by atoms with Gasteiger partial charge in [0.05, 0.1) is 6.04 Å². The van der Waals surface area contributed by atoms with Crippen molar-refractivity contribution in [1.29, 1.82) is 0 Å². The standard InChI is InChI=1S/C14H25N3/c1-7-17-9-8-16-12(17)10(15-6)11-13(2,3)14(11,4)5/h8-11,15H,7H2,1-6H3. The molecule has 0 bridgehead atoms. The van der Waals surface area contributed by atoms with E-state index in [4.69, 9.17) is 0 Å². The van der Waals surface area contributed by atoms with Crippen molar-refractivity contribution in [3.63, 3.8) is 0 Å². The van der Waals surface area contributed by atoms with Gasteiger partial charge in [0.1, 0.15) is 5.82 Å². The molecule has 2 rings (SSSR count). The van der Waals surface area contributed by atoms with Crippen LogP contribution in [-0.2, 0) is 6.54 Å². The Hall–Kier alpha value is -0.830. The average molecular weight is 235 g/mol. The highest BCUT2D eigenvalue weighted by Crippen LogP contribution is 2.72. The van der Waals surface area contributed by atoms with Crippen LogP contribution in [0.15, 0.2) is 12.4 Å². The Kier molecular flexibility index (Phi) is 2.85. The maximum absolute atomic E-state index is 4.55. The molecule has 0 aliphatic heterocycles. The summed E-state index contributed by atoms with van der Waals surface area (Å²) in [6.45, 7) is 12.6. The number of hydrogen-bond acceptors (Lipinski definition) is 2. The Balaban J connectivity index is 2.31. The van der Waals surface area contributed by atoms with E-state index in [9.17, 15) is 0 Å². The van der Waals surface area contributed by atoms with Crippen molar-refractivity contribution in [2.45, 2.75) is 47.2 Å². The van der Waals surface area contributed by atoms with Gasteiger partial charge in [-0.1, -0.05) is 27.7 Å². The number of imidazole rings is 1. The summed E-state index contributed by atoms with van der Waals surface area (Å²) in [7, 11) is 2.05. The van der Waals surface area contributed by atoms with Gasteiger partial charge in [-0.05, 0) is 30.7 Å². The van der Waals surface area contributed by atoms with Crippen molar-refractivity contribution in [2.75, 3.05) is 7.05 Å². The summed E-state index contributed by atoms with van der Waals surface area (Å²) in [5.41, 5.74) is 0.760. The smallest absolute Gasteiger partial charge is 0.126 e. The Labute approximate surface area is 105 Å². The monoisotopic (exact) mass is 235 g/mol. The molecule has 0 radical (unpaired) electrons. The molecular formula is C14H25N3. The van der Waals surface area contributed by atoms with Gasteiger partial charge in [0.15, 0.2) is 0 Å². The molecule has 0 aromatic carbocycles. The SMILES string of the molecule is CCn1ccnc1C(NC)C1C(C)(C)C1(C)C. The molecule has 1 atom stereocenters. The highest BCUT2D eigenvalue weighted by atomic mass is 15.1. The van der Waals surface area contributed by atoms with Crippen molar-refractivity contribution in [3.8, 4) is 0 Å². The lowest BCUT2D eigenvalue weighted by atomic mass is 10.0. The molecule has 3 heteroatoms. The normalized spacial score (nSPS) is 23.6. The van der Waals surface area contributed by atoms with Crippen LogP contribution in [0.5, 0.6) is 0 Å². The zero-order valence-corrected chi connectivity index (χ0v) is 11.9. The topological polar surface area (TPSA) is 29.9 Å². The number of hydrogen-bond donors (Lipinski definition) is 1. The van der Waals surface area contributed by atoms with Crippen LogP contribution in [0.3, 0.4) is 0 Å². The van der Waals surface area contributed by atoms with Crippen LogP contribution < -0.4 is 5.32 Å². The Morgan fingerprint density at radius 3 is 2.35 bits per heavy atom. The molecular weight excluding hydrogens is 210 g/mol. The third kappa shape index (κ3) is 1.63. The van der Waals surface area contributed by atoms with E-state index in [2.05, 4.69) is 55.7 Å². The Morgan fingerprint density at radius 1 is 1.35 bits per heavy atom. The molecule has 1 N–H and O–H groups in total. The number of aryl methyl sites for hydroxylation is 1. The Bertz CT molecular complexity index is 389. The first-order chi connectivity index (χ1) is 7.87. The van der Waals surface area contributed by atoms with Gasteiger partial charge in [0.25, 0.3) is 0 Å². The molecule has 3 nitrogen and oxygen atoms in total. The molecule has 1 aromatic heterocycles. The highest BCUT2D eigenvalue weighted by molar-refractivity contribution is 5.20. The number of aromatic nitrogens is 2. The lowest BCUT2D eigenvalue weighted by Crippen LogP contribution is -2.25. The van der Waals surface area contributed by atoms with Crippen molar-refractivity contribution in [3.05, 3.63) is 18.2 Å². The van der Waals surface area contributed by atoms with Crippen LogP contribution >= 0.6 is 0 Å². The van der Waals surface area contributed by atoms with Crippen LogP contribution in [0.2, 0.25) is 0 Å². The summed E-state index contributed by atoms with van der Waals surface area (Å²) >= 11 is 0. The van der Waals surface area contributed by atoms with Crippen LogP contribution in [-0.4, -0.2) is 16.6 Å². The number of nitrogens with zero attached hydrogens (tertiary/aromatic N) is 2. The minimum atomic E-state index is 0.356. The summed E-state index contributed by atoms with van der Waals surface area (Å²) in [4.78, 5) is 4.55. The molecule has 1 aliphatic carbocycles. The lowest BCUT2D eigenvalue weighted by molar-refractivity contribution is 0.405. The van der Waals surface area contributed by atoms with Crippen LogP contribution in [0.1, 0.15) is 46.5 Å². The van der Waals surface area contributed by atoms with E-state index in [0.717, 1.165) is 6.54 Å². The Morgan fingerprint density at radius 2 is 1.94 bits per heavy atom. The van der Waals surface area contributed by atoms with Gasteiger partial charge in [0.2, 0.25) is 0 Å². The van der Waals surface area contributed by atoms with Crippen molar-refractivity contribution >= 4 is 0 Å². The van der Waals surface area contributed by atoms with Gasteiger partial charge < -0.3 is 9.88 Å². The van der Waals surface area contributed by atoms with E-state index in [1.165, 1.54) is 5.82 Å². The predicted octanol–water partition coefficient (Wildman–Crippen LogP) is 2.85. The molecule has 96 valence electrons. The van der Waals surface area contributed by atoms with E-state index < -0.39 is 0 Å². The fraction of sp³-hybridized carbons (Fsp3) is 0.786. The van der Waals surface area contributed by atoms with Gasteiger partial charge in [0, 0.05) is 18.9 Å². The second-order valence-corrected chi connectivity index (χ2v) is 6.26. The van der Waals surface area contributed by atoms with Gasteiger partial charge in [-0.3, -0.25) is 0 Å². The van der Waals surface area contributed by atoms with Gasteiger partial charge >= 0.3 is 0 Å². The van der Waals surface area contributed by atoms with Gasteiger partial charge in [-0.25, -0.2) is 4.98 Å². The molecule has 1 unspecified atom stereocenters. The highest BCUT2D eigenvalue weighted by Gasteiger charge is 2.67. The van der Waals surface area contributed by atoms with Crippen LogP contribution in [0, 0.1) is 16.7 Å². The first-order valence-corrected chi connectivity index (χ1v) is 6.56. The average Bonchev–Trinajstić information content (AvgIpc) is 2.65. The molecule has 1 heterocycles.